The summed E-state index contributed by atoms with van der Waals surface area (Å²) in [5.74, 6) is -1.70. The molecule has 2 aromatic rings. The topological polar surface area (TPSA) is 70.5 Å². The molecule has 5 nitrogen and oxygen atoms in total. The fraction of sp³-hybridized carbons (Fsp3) is 0.167. The van der Waals surface area contributed by atoms with Gasteiger partial charge in [-0.25, -0.2) is 0 Å². The van der Waals surface area contributed by atoms with Gasteiger partial charge in [-0.1, -0.05) is 24.3 Å². The van der Waals surface area contributed by atoms with Gasteiger partial charge in [0.1, 0.15) is 0 Å². The predicted octanol–water partition coefficient (Wildman–Crippen LogP) is 2.69. The van der Waals surface area contributed by atoms with Crippen LogP contribution in [0.25, 0.3) is 12.2 Å². The first-order valence-corrected chi connectivity index (χ1v) is 7.36. The minimum Gasteiger partial charge on any atom is -0.481 e. The first-order chi connectivity index (χ1) is 11.1. The fourth-order valence-corrected chi connectivity index (χ4v) is 2.58. The zero-order valence-corrected chi connectivity index (χ0v) is 12.4. The van der Waals surface area contributed by atoms with Crippen molar-refractivity contribution in [1.29, 1.82) is 0 Å². The highest BCUT2D eigenvalue weighted by Gasteiger charge is 2.34. The molecule has 1 unspecified atom stereocenters. The summed E-state index contributed by atoms with van der Waals surface area (Å²) in [6.45, 7) is 0.224. The summed E-state index contributed by atoms with van der Waals surface area (Å²) >= 11 is 0. The number of benzene rings is 1. The third-order valence-corrected chi connectivity index (χ3v) is 3.79. The first kappa shape index (κ1) is 15.0. The van der Waals surface area contributed by atoms with Gasteiger partial charge in [-0.2, -0.15) is 0 Å². The predicted molar refractivity (Wildman–Crippen MR) is 87.7 cm³/mol. The molecule has 3 rings (SSSR count). The van der Waals surface area contributed by atoms with Crippen molar-refractivity contribution in [3.8, 4) is 0 Å². The normalized spacial score (nSPS) is 17.8. The molecule has 5 heteroatoms. The summed E-state index contributed by atoms with van der Waals surface area (Å²) in [6, 6.07) is 13.2. The lowest BCUT2D eigenvalue weighted by atomic mass is 10.1. The van der Waals surface area contributed by atoms with Crippen molar-refractivity contribution in [3.05, 3.63) is 59.9 Å². The number of carboxylic acids is 1. The van der Waals surface area contributed by atoms with Crippen LogP contribution in [-0.4, -0.2) is 28.5 Å². The van der Waals surface area contributed by atoms with Crippen LogP contribution < -0.4 is 4.90 Å². The van der Waals surface area contributed by atoms with Crippen LogP contribution in [0, 0.1) is 5.92 Å². The van der Waals surface area contributed by atoms with Gasteiger partial charge >= 0.3 is 5.97 Å². The molecule has 2 heterocycles. The Balaban J connectivity index is 1.79. The summed E-state index contributed by atoms with van der Waals surface area (Å²) in [5.41, 5.74) is 2.50. The Hall–Kier alpha value is -2.95. The van der Waals surface area contributed by atoms with Gasteiger partial charge in [0.05, 0.1) is 11.6 Å². The van der Waals surface area contributed by atoms with Crippen LogP contribution >= 0.6 is 0 Å². The highest BCUT2D eigenvalue weighted by Crippen LogP contribution is 2.26. The van der Waals surface area contributed by atoms with Gasteiger partial charge in [0.25, 0.3) is 0 Å². The van der Waals surface area contributed by atoms with Crippen molar-refractivity contribution in [2.24, 2.45) is 5.92 Å². The number of hydrogen-bond donors (Lipinski definition) is 1. The van der Waals surface area contributed by atoms with Gasteiger partial charge in [0, 0.05) is 24.8 Å². The number of pyridine rings is 1. The molecule has 1 atom stereocenters. The second-order valence-corrected chi connectivity index (χ2v) is 5.43. The fourth-order valence-electron chi connectivity index (χ4n) is 2.58. The zero-order chi connectivity index (χ0) is 16.2. The van der Waals surface area contributed by atoms with E-state index in [2.05, 4.69) is 4.98 Å². The Labute approximate surface area is 133 Å². The van der Waals surface area contributed by atoms with Crippen LogP contribution in [0.3, 0.4) is 0 Å². The standard InChI is InChI=1S/C18H16N2O3/c21-17-11-14(18(22)23)12-20(17)16-6-3-4-13(10-16)7-8-15-5-1-2-9-19-15/h1-10,14H,11-12H2,(H,22,23). The minimum atomic E-state index is -0.924. The third kappa shape index (κ3) is 3.45. The van der Waals surface area contributed by atoms with Gasteiger partial charge in [-0.15, -0.1) is 0 Å². The van der Waals surface area contributed by atoms with E-state index in [4.69, 9.17) is 5.11 Å². The van der Waals surface area contributed by atoms with Crippen molar-refractivity contribution in [2.75, 3.05) is 11.4 Å². The Morgan fingerprint density at radius 1 is 1.22 bits per heavy atom. The summed E-state index contributed by atoms with van der Waals surface area (Å²) < 4.78 is 0. The summed E-state index contributed by atoms with van der Waals surface area (Å²) in [4.78, 5) is 28.8. The van der Waals surface area contributed by atoms with Crippen LogP contribution in [0.15, 0.2) is 48.7 Å². The highest BCUT2D eigenvalue weighted by atomic mass is 16.4. The lowest BCUT2D eigenvalue weighted by Gasteiger charge is -2.16. The summed E-state index contributed by atoms with van der Waals surface area (Å²) in [7, 11) is 0. The molecule has 0 radical (unpaired) electrons. The molecule has 116 valence electrons. The van der Waals surface area contributed by atoms with E-state index in [0.29, 0.717) is 0 Å². The van der Waals surface area contributed by atoms with Gasteiger partial charge in [0.15, 0.2) is 0 Å². The second kappa shape index (κ2) is 6.44. The van der Waals surface area contributed by atoms with Crippen LogP contribution in [0.2, 0.25) is 0 Å². The van der Waals surface area contributed by atoms with Gasteiger partial charge in [-0.05, 0) is 35.9 Å². The van der Waals surface area contributed by atoms with E-state index in [-0.39, 0.29) is 18.9 Å². The molecular weight excluding hydrogens is 292 g/mol. The third-order valence-electron chi connectivity index (χ3n) is 3.79. The smallest absolute Gasteiger partial charge is 0.308 e. The number of carbonyl (C=O) groups is 2. The van der Waals surface area contributed by atoms with E-state index in [9.17, 15) is 9.59 Å². The minimum absolute atomic E-state index is 0.0589. The van der Waals surface area contributed by atoms with E-state index in [0.717, 1.165) is 16.9 Å². The number of anilines is 1. The number of hydrogen-bond acceptors (Lipinski definition) is 3. The van der Waals surface area contributed by atoms with Gasteiger partial charge in [0.2, 0.25) is 5.91 Å². The number of carbonyl (C=O) groups excluding carboxylic acids is 1. The van der Waals surface area contributed by atoms with E-state index in [1.807, 2.05) is 54.6 Å². The second-order valence-electron chi connectivity index (χ2n) is 5.43. The molecule has 1 N–H and O–H groups in total. The molecule has 1 aromatic carbocycles. The lowest BCUT2D eigenvalue weighted by Crippen LogP contribution is -2.25. The summed E-state index contributed by atoms with van der Waals surface area (Å²) in [6.07, 6.45) is 5.60. The molecule has 1 aliphatic rings. The summed E-state index contributed by atoms with van der Waals surface area (Å²) in [5, 5.41) is 9.06. The number of amides is 1. The van der Waals surface area contributed by atoms with Crippen molar-refractivity contribution in [1.82, 2.24) is 4.98 Å². The molecule has 0 spiro atoms. The number of aromatic nitrogens is 1. The molecule has 23 heavy (non-hydrogen) atoms. The molecule has 0 aliphatic carbocycles. The first-order valence-electron chi connectivity index (χ1n) is 7.36. The van der Waals surface area contributed by atoms with Crippen LogP contribution in [0.5, 0.6) is 0 Å². The van der Waals surface area contributed by atoms with Crippen LogP contribution in [-0.2, 0) is 9.59 Å². The lowest BCUT2D eigenvalue weighted by molar-refractivity contribution is -0.141. The van der Waals surface area contributed by atoms with E-state index in [1.54, 1.807) is 6.20 Å². The van der Waals surface area contributed by atoms with E-state index < -0.39 is 11.9 Å². The maximum Gasteiger partial charge on any atom is 0.308 e. The van der Waals surface area contributed by atoms with Crippen molar-refractivity contribution < 1.29 is 14.7 Å². The Kier molecular flexibility index (Phi) is 4.19. The SMILES string of the molecule is O=C(O)C1CC(=O)N(c2cccc(C=Cc3ccccn3)c2)C1. The Morgan fingerprint density at radius 2 is 2.09 bits per heavy atom. The molecule has 0 saturated carbocycles. The molecule has 1 amide bonds. The van der Waals surface area contributed by atoms with E-state index in [1.165, 1.54) is 4.90 Å². The van der Waals surface area contributed by atoms with Crippen LogP contribution in [0.1, 0.15) is 17.7 Å². The quantitative estimate of drug-likeness (QED) is 0.942. The molecule has 1 aromatic heterocycles. The van der Waals surface area contributed by atoms with Gasteiger partial charge in [-0.3, -0.25) is 14.6 Å². The average molecular weight is 308 g/mol. The molecular formula is C18H16N2O3. The van der Waals surface area contributed by atoms with Crippen LogP contribution in [0.4, 0.5) is 5.69 Å². The number of rotatable bonds is 4. The Morgan fingerprint density at radius 3 is 2.78 bits per heavy atom. The largest absolute Gasteiger partial charge is 0.481 e. The van der Waals surface area contributed by atoms with E-state index >= 15 is 0 Å². The molecule has 0 bridgehead atoms. The van der Waals surface area contributed by atoms with Gasteiger partial charge < -0.3 is 10.0 Å². The van der Waals surface area contributed by atoms with Crippen molar-refractivity contribution in [2.45, 2.75) is 6.42 Å². The maximum atomic E-state index is 12.0. The Bertz CT molecular complexity index is 756. The molecule has 1 fully saturated rings. The van der Waals surface area contributed by atoms with Crippen molar-refractivity contribution in [3.63, 3.8) is 0 Å². The maximum absolute atomic E-state index is 12.0. The number of nitrogens with zero attached hydrogens (tertiary/aromatic N) is 2. The number of carboxylic acid groups (broad SMARTS) is 1. The molecule has 1 aliphatic heterocycles. The number of aliphatic carboxylic acids is 1. The van der Waals surface area contributed by atoms with Crippen molar-refractivity contribution >= 4 is 29.7 Å². The molecule has 1 saturated heterocycles. The highest BCUT2D eigenvalue weighted by molar-refractivity contribution is 5.99. The monoisotopic (exact) mass is 308 g/mol. The zero-order valence-electron chi connectivity index (χ0n) is 12.4. The average Bonchev–Trinajstić information content (AvgIpc) is 2.96.